The number of halogens is 1. The first kappa shape index (κ1) is 13.1. The van der Waals surface area contributed by atoms with E-state index in [1.165, 1.54) is 0 Å². The second-order valence-electron chi connectivity index (χ2n) is 4.26. The van der Waals surface area contributed by atoms with Crippen molar-refractivity contribution in [2.75, 3.05) is 0 Å². The van der Waals surface area contributed by atoms with E-state index in [4.69, 9.17) is 17.3 Å². The Labute approximate surface area is 113 Å². The Morgan fingerprint density at radius 2 is 2.11 bits per heavy atom. The number of benzene rings is 1. The Balaban J connectivity index is 2.38. The minimum atomic E-state index is -0.184. The van der Waals surface area contributed by atoms with Crippen molar-refractivity contribution in [1.82, 2.24) is 9.78 Å². The van der Waals surface area contributed by atoms with Gasteiger partial charge in [0.05, 0.1) is 17.4 Å². The van der Waals surface area contributed by atoms with Crippen molar-refractivity contribution >= 4 is 11.6 Å². The maximum atomic E-state index is 6.31. The zero-order valence-corrected chi connectivity index (χ0v) is 11.5. The predicted molar refractivity (Wildman–Crippen MR) is 74.8 cm³/mol. The van der Waals surface area contributed by atoms with E-state index >= 15 is 0 Å². The molecule has 0 radical (unpaired) electrons. The van der Waals surface area contributed by atoms with Gasteiger partial charge in [-0.1, -0.05) is 30.7 Å². The van der Waals surface area contributed by atoms with Crippen LogP contribution in [0.4, 0.5) is 0 Å². The number of hydrogen-bond acceptors (Lipinski definition) is 2. The average Bonchev–Trinajstić information content (AvgIpc) is 2.81. The summed E-state index contributed by atoms with van der Waals surface area (Å²) in [7, 11) is 0. The van der Waals surface area contributed by atoms with Gasteiger partial charge in [-0.3, -0.25) is 4.68 Å². The number of hydrogen-bond donors (Lipinski definition) is 1. The molecule has 4 heteroatoms. The normalized spacial score (nSPS) is 12.7. The highest BCUT2D eigenvalue weighted by Gasteiger charge is 2.15. The van der Waals surface area contributed by atoms with Crippen molar-refractivity contribution in [3.8, 4) is 0 Å². The summed E-state index contributed by atoms with van der Waals surface area (Å²) in [5.41, 5.74) is 9.44. The molecule has 0 saturated heterocycles. The quantitative estimate of drug-likeness (QED) is 0.921. The van der Waals surface area contributed by atoms with E-state index in [-0.39, 0.29) is 6.04 Å². The topological polar surface area (TPSA) is 43.8 Å². The van der Waals surface area contributed by atoms with Crippen molar-refractivity contribution in [2.24, 2.45) is 5.73 Å². The monoisotopic (exact) mass is 263 g/mol. The van der Waals surface area contributed by atoms with Crippen molar-refractivity contribution in [1.29, 1.82) is 0 Å². The van der Waals surface area contributed by atoms with Crippen molar-refractivity contribution in [2.45, 2.75) is 32.9 Å². The Morgan fingerprint density at radius 3 is 2.72 bits per heavy atom. The van der Waals surface area contributed by atoms with Crippen LogP contribution >= 0.6 is 11.6 Å². The van der Waals surface area contributed by atoms with Crippen LogP contribution in [0.5, 0.6) is 0 Å². The van der Waals surface area contributed by atoms with E-state index in [1.54, 1.807) is 0 Å². The molecule has 0 amide bonds. The number of rotatable bonds is 4. The van der Waals surface area contributed by atoms with Crippen LogP contribution in [0.1, 0.15) is 36.8 Å². The first-order chi connectivity index (χ1) is 8.65. The summed E-state index contributed by atoms with van der Waals surface area (Å²) in [6.07, 6.45) is 0.919. The minimum absolute atomic E-state index is 0.184. The SMILES string of the molecule is CCc1cc(C(N)c2cccc(Cl)c2)n(CC)n1. The summed E-state index contributed by atoms with van der Waals surface area (Å²) in [5.74, 6) is 0. The van der Waals surface area contributed by atoms with Crippen molar-refractivity contribution < 1.29 is 0 Å². The zero-order valence-electron chi connectivity index (χ0n) is 10.7. The van der Waals surface area contributed by atoms with Crippen LogP contribution in [-0.2, 0) is 13.0 Å². The summed E-state index contributed by atoms with van der Waals surface area (Å²) >= 11 is 6.00. The van der Waals surface area contributed by atoms with Crippen molar-refractivity contribution in [3.63, 3.8) is 0 Å². The third-order valence-corrected chi connectivity index (χ3v) is 3.29. The Kier molecular flexibility index (Phi) is 4.04. The first-order valence-corrected chi connectivity index (χ1v) is 6.61. The molecule has 0 spiro atoms. The van der Waals surface area contributed by atoms with Crippen LogP contribution in [0, 0.1) is 0 Å². The van der Waals surface area contributed by atoms with Crippen LogP contribution < -0.4 is 5.73 Å². The van der Waals surface area contributed by atoms with Crippen LogP contribution in [0.15, 0.2) is 30.3 Å². The lowest BCUT2D eigenvalue weighted by molar-refractivity contribution is 0.595. The molecule has 1 atom stereocenters. The molecule has 2 N–H and O–H groups in total. The summed E-state index contributed by atoms with van der Waals surface area (Å²) in [4.78, 5) is 0. The maximum absolute atomic E-state index is 6.31. The number of aromatic nitrogens is 2. The summed E-state index contributed by atoms with van der Waals surface area (Å²) in [5, 5.41) is 5.23. The van der Waals surface area contributed by atoms with Crippen LogP contribution in [0.3, 0.4) is 0 Å². The molecule has 1 heterocycles. The van der Waals surface area contributed by atoms with E-state index in [2.05, 4.69) is 25.0 Å². The molecule has 2 rings (SSSR count). The fourth-order valence-electron chi connectivity index (χ4n) is 2.03. The van der Waals surface area contributed by atoms with Gasteiger partial charge in [0, 0.05) is 11.6 Å². The van der Waals surface area contributed by atoms with Crippen LogP contribution in [0.2, 0.25) is 5.02 Å². The van der Waals surface area contributed by atoms with E-state index in [9.17, 15) is 0 Å². The van der Waals surface area contributed by atoms with Gasteiger partial charge in [0.2, 0.25) is 0 Å². The van der Waals surface area contributed by atoms with Gasteiger partial charge in [-0.15, -0.1) is 0 Å². The maximum Gasteiger partial charge on any atom is 0.0723 e. The minimum Gasteiger partial charge on any atom is -0.319 e. The fourth-order valence-corrected chi connectivity index (χ4v) is 2.23. The molecule has 0 fully saturated rings. The molecule has 0 bridgehead atoms. The Hall–Kier alpha value is -1.32. The lowest BCUT2D eigenvalue weighted by Gasteiger charge is -2.13. The summed E-state index contributed by atoms with van der Waals surface area (Å²) in [6.45, 7) is 4.99. The number of aryl methyl sites for hydroxylation is 2. The first-order valence-electron chi connectivity index (χ1n) is 6.23. The highest BCUT2D eigenvalue weighted by atomic mass is 35.5. The molecule has 1 aromatic carbocycles. The lowest BCUT2D eigenvalue weighted by atomic mass is 10.0. The molecule has 2 aromatic rings. The van der Waals surface area contributed by atoms with Crippen molar-refractivity contribution in [3.05, 3.63) is 52.3 Å². The molecule has 1 unspecified atom stereocenters. The fraction of sp³-hybridized carbons (Fsp3) is 0.357. The standard InChI is InChI=1S/C14H18ClN3/c1-3-12-9-13(18(4-2)17-12)14(16)10-6-5-7-11(15)8-10/h5-9,14H,3-4,16H2,1-2H3. The predicted octanol–water partition coefficient (Wildman–Crippen LogP) is 3.17. The van der Waals surface area contributed by atoms with Crippen LogP contribution in [-0.4, -0.2) is 9.78 Å². The average molecular weight is 264 g/mol. The molecule has 1 aromatic heterocycles. The molecule has 0 aliphatic heterocycles. The van der Waals surface area contributed by atoms with Gasteiger partial charge >= 0.3 is 0 Å². The van der Waals surface area contributed by atoms with Gasteiger partial charge in [0.25, 0.3) is 0 Å². The number of nitrogens with two attached hydrogens (primary N) is 1. The van der Waals surface area contributed by atoms with Gasteiger partial charge in [0.1, 0.15) is 0 Å². The molecule has 18 heavy (non-hydrogen) atoms. The van der Waals surface area contributed by atoms with Gasteiger partial charge in [-0.25, -0.2) is 0 Å². The lowest BCUT2D eigenvalue weighted by Crippen LogP contribution is -2.17. The molecule has 96 valence electrons. The van der Waals surface area contributed by atoms with E-state index in [1.807, 2.05) is 28.9 Å². The molecule has 0 aliphatic carbocycles. The number of nitrogens with zero attached hydrogens (tertiary/aromatic N) is 2. The van der Waals surface area contributed by atoms with Gasteiger partial charge in [-0.05, 0) is 37.1 Å². The molecular weight excluding hydrogens is 246 g/mol. The molecule has 0 saturated carbocycles. The van der Waals surface area contributed by atoms with Gasteiger partial charge < -0.3 is 5.73 Å². The largest absolute Gasteiger partial charge is 0.319 e. The van der Waals surface area contributed by atoms with E-state index < -0.39 is 0 Å². The van der Waals surface area contributed by atoms with Gasteiger partial charge in [0.15, 0.2) is 0 Å². The second kappa shape index (κ2) is 5.55. The molecule has 0 aliphatic rings. The highest BCUT2D eigenvalue weighted by molar-refractivity contribution is 6.30. The second-order valence-corrected chi connectivity index (χ2v) is 4.70. The third kappa shape index (κ3) is 2.57. The molecular formula is C14H18ClN3. The smallest absolute Gasteiger partial charge is 0.0723 e. The van der Waals surface area contributed by atoms with E-state index in [0.717, 1.165) is 29.9 Å². The summed E-state index contributed by atoms with van der Waals surface area (Å²) in [6, 6.07) is 9.57. The Morgan fingerprint density at radius 1 is 1.33 bits per heavy atom. The highest BCUT2D eigenvalue weighted by Crippen LogP contribution is 2.23. The zero-order chi connectivity index (χ0) is 13.1. The third-order valence-electron chi connectivity index (χ3n) is 3.05. The molecule has 3 nitrogen and oxygen atoms in total. The van der Waals surface area contributed by atoms with Gasteiger partial charge in [-0.2, -0.15) is 5.10 Å². The Bertz CT molecular complexity index is 534. The van der Waals surface area contributed by atoms with E-state index in [0.29, 0.717) is 5.02 Å². The summed E-state index contributed by atoms with van der Waals surface area (Å²) < 4.78 is 1.96. The van der Waals surface area contributed by atoms with Crippen LogP contribution in [0.25, 0.3) is 0 Å².